The third kappa shape index (κ3) is 4.75. The van der Waals surface area contributed by atoms with Gasteiger partial charge in [0, 0.05) is 10.6 Å². The lowest BCUT2D eigenvalue weighted by Crippen LogP contribution is -2.21. The molecule has 1 atom stereocenters. The van der Waals surface area contributed by atoms with E-state index in [9.17, 15) is 23.4 Å². The van der Waals surface area contributed by atoms with Gasteiger partial charge >= 0.3 is 6.18 Å². The third-order valence-corrected chi connectivity index (χ3v) is 3.71. The number of nitrogens with one attached hydrogen (secondary N) is 2. The number of rotatable bonds is 3. The molecule has 0 spiro atoms. The molecule has 0 aliphatic carbocycles. The summed E-state index contributed by atoms with van der Waals surface area (Å²) in [7, 11) is 0. The van der Waals surface area contributed by atoms with Gasteiger partial charge in [-0.25, -0.2) is 0 Å². The van der Waals surface area contributed by atoms with E-state index >= 15 is 0 Å². The van der Waals surface area contributed by atoms with Crippen molar-refractivity contribution in [3.8, 4) is 5.75 Å². The number of aromatic hydroxyl groups is 1. The minimum atomic E-state index is -4.54. The highest BCUT2D eigenvalue weighted by molar-refractivity contribution is 7.80. The molecular weight excluding hydrogens is 377 g/mol. The van der Waals surface area contributed by atoms with Crippen molar-refractivity contribution >= 4 is 40.3 Å². The molecule has 25 heavy (non-hydrogen) atoms. The predicted molar refractivity (Wildman–Crippen MR) is 95.0 cm³/mol. The summed E-state index contributed by atoms with van der Waals surface area (Å²) in [6.07, 6.45) is -5.54. The summed E-state index contributed by atoms with van der Waals surface area (Å²) >= 11 is 10.9. The number of aliphatic hydroxyl groups is 1. The van der Waals surface area contributed by atoms with Crippen LogP contribution in [0.2, 0.25) is 5.02 Å². The summed E-state index contributed by atoms with van der Waals surface area (Å²) in [6, 6.07) is 7.57. The summed E-state index contributed by atoms with van der Waals surface area (Å²) in [5.41, 5.74) is -0.886. The van der Waals surface area contributed by atoms with Gasteiger partial charge in [0.05, 0.1) is 23.0 Å². The monoisotopic (exact) mass is 390 g/mol. The summed E-state index contributed by atoms with van der Waals surface area (Å²) in [5, 5.41) is 24.8. The lowest BCUT2D eigenvalue weighted by atomic mass is 10.1. The van der Waals surface area contributed by atoms with E-state index < -0.39 is 17.8 Å². The van der Waals surface area contributed by atoms with Crippen LogP contribution in [0.15, 0.2) is 36.4 Å². The molecule has 0 fully saturated rings. The first-order valence-corrected chi connectivity index (χ1v) is 7.83. The molecule has 0 saturated heterocycles. The minimum absolute atomic E-state index is 0.0605. The fourth-order valence-corrected chi connectivity index (χ4v) is 2.60. The molecule has 134 valence electrons. The summed E-state index contributed by atoms with van der Waals surface area (Å²) < 4.78 is 39.0. The summed E-state index contributed by atoms with van der Waals surface area (Å²) in [5.74, 6) is -0.298. The second-order valence-corrected chi connectivity index (χ2v) is 6.03. The molecule has 0 saturated carbocycles. The van der Waals surface area contributed by atoms with E-state index in [-0.39, 0.29) is 32.8 Å². The van der Waals surface area contributed by atoms with Gasteiger partial charge in [0.15, 0.2) is 5.11 Å². The Morgan fingerprint density at radius 1 is 1.16 bits per heavy atom. The molecule has 4 N–H and O–H groups in total. The maximum atomic E-state index is 13.0. The molecule has 2 aromatic carbocycles. The third-order valence-electron chi connectivity index (χ3n) is 3.28. The van der Waals surface area contributed by atoms with Gasteiger partial charge in [0.1, 0.15) is 5.75 Å². The van der Waals surface area contributed by atoms with Gasteiger partial charge in [-0.2, -0.15) is 13.2 Å². The number of phenolic OH excluding ortho intramolecular Hbond substituents is 1. The maximum absolute atomic E-state index is 13.0. The molecular formula is C16H14ClF3N2O2S. The van der Waals surface area contributed by atoms with E-state index in [2.05, 4.69) is 10.6 Å². The van der Waals surface area contributed by atoms with Crippen LogP contribution in [-0.2, 0) is 6.18 Å². The number of para-hydroxylation sites is 1. The number of aliphatic hydroxyl groups excluding tert-OH is 1. The van der Waals surface area contributed by atoms with Crippen molar-refractivity contribution < 1.29 is 23.4 Å². The van der Waals surface area contributed by atoms with E-state index in [0.29, 0.717) is 0 Å². The van der Waals surface area contributed by atoms with Crippen LogP contribution in [0.3, 0.4) is 0 Å². The Morgan fingerprint density at radius 2 is 1.76 bits per heavy atom. The Labute approximate surface area is 152 Å². The van der Waals surface area contributed by atoms with Crippen molar-refractivity contribution in [1.29, 1.82) is 0 Å². The Morgan fingerprint density at radius 3 is 2.36 bits per heavy atom. The van der Waals surface area contributed by atoms with Crippen LogP contribution in [-0.4, -0.2) is 15.3 Å². The van der Waals surface area contributed by atoms with Crippen molar-refractivity contribution in [3.05, 3.63) is 52.5 Å². The molecule has 0 radical (unpaired) electrons. The molecule has 0 aliphatic heterocycles. The zero-order valence-electron chi connectivity index (χ0n) is 12.9. The quantitative estimate of drug-likeness (QED) is 0.442. The number of phenols is 1. The number of thiocarbonyl (C=S) groups is 1. The SMILES string of the molecule is CC(O)c1cc(Cl)cc(NC(=S)Nc2ccccc2C(F)(F)F)c1O. The molecule has 0 amide bonds. The van der Waals surface area contributed by atoms with Gasteiger partial charge in [-0.1, -0.05) is 23.7 Å². The Hall–Kier alpha value is -2.03. The molecule has 9 heteroatoms. The zero-order chi connectivity index (χ0) is 18.8. The van der Waals surface area contributed by atoms with Gasteiger partial charge in [-0.15, -0.1) is 0 Å². The number of benzene rings is 2. The van der Waals surface area contributed by atoms with Gasteiger partial charge in [0.25, 0.3) is 0 Å². The van der Waals surface area contributed by atoms with Crippen molar-refractivity contribution in [3.63, 3.8) is 0 Å². The first-order valence-electron chi connectivity index (χ1n) is 7.04. The van der Waals surface area contributed by atoms with Crippen molar-refractivity contribution in [2.24, 2.45) is 0 Å². The molecule has 0 bridgehead atoms. The number of hydrogen-bond acceptors (Lipinski definition) is 3. The summed E-state index contributed by atoms with van der Waals surface area (Å²) in [6.45, 7) is 1.44. The highest BCUT2D eigenvalue weighted by atomic mass is 35.5. The van der Waals surface area contributed by atoms with Crippen molar-refractivity contribution in [1.82, 2.24) is 0 Å². The second kappa shape index (κ2) is 7.47. The van der Waals surface area contributed by atoms with E-state index in [4.69, 9.17) is 23.8 Å². The average molecular weight is 391 g/mol. The van der Waals surface area contributed by atoms with Crippen molar-refractivity contribution in [2.75, 3.05) is 10.6 Å². The van der Waals surface area contributed by atoms with Crippen molar-refractivity contribution in [2.45, 2.75) is 19.2 Å². The van der Waals surface area contributed by atoms with Crippen LogP contribution in [0.5, 0.6) is 5.75 Å². The number of anilines is 2. The van der Waals surface area contributed by atoms with Gasteiger partial charge in [-0.05, 0) is 43.4 Å². The van der Waals surface area contributed by atoms with E-state index in [1.54, 1.807) is 0 Å². The summed E-state index contributed by atoms with van der Waals surface area (Å²) in [4.78, 5) is 0. The van der Waals surface area contributed by atoms with Gasteiger partial charge in [-0.3, -0.25) is 0 Å². The highest BCUT2D eigenvalue weighted by Gasteiger charge is 2.33. The van der Waals surface area contributed by atoms with Crippen LogP contribution < -0.4 is 10.6 Å². The first-order chi connectivity index (χ1) is 11.6. The standard InChI is InChI=1S/C16H14ClF3N2O2S/c1-8(23)10-6-9(17)7-13(14(10)24)22-15(25)21-12-5-3-2-4-11(12)16(18,19)20/h2-8,23-24H,1H3,(H2,21,22,25). The largest absolute Gasteiger partial charge is 0.505 e. The predicted octanol–water partition coefficient (Wildman–Crippen LogP) is 4.93. The Kier molecular flexibility index (Phi) is 5.76. The number of alkyl halides is 3. The molecule has 2 aromatic rings. The van der Waals surface area contributed by atoms with Crippen LogP contribution in [0.4, 0.5) is 24.5 Å². The molecule has 0 heterocycles. The minimum Gasteiger partial charge on any atom is -0.505 e. The Bertz CT molecular complexity index is 797. The smallest absolute Gasteiger partial charge is 0.418 e. The lowest BCUT2D eigenvalue weighted by Gasteiger charge is -2.18. The van der Waals surface area contributed by atoms with Gasteiger partial charge in [0.2, 0.25) is 0 Å². The zero-order valence-corrected chi connectivity index (χ0v) is 14.4. The molecule has 0 aliphatic rings. The number of halogens is 4. The fourth-order valence-electron chi connectivity index (χ4n) is 2.15. The van der Waals surface area contributed by atoms with Crippen LogP contribution >= 0.6 is 23.8 Å². The maximum Gasteiger partial charge on any atom is 0.418 e. The molecule has 2 rings (SSSR count). The first kappa shape index (κ1) is 19.3. The Balaban J connectivity index is 2.25. The van der Waals surface area contributed by atoms with E-state index in [1.165, 1.54) is 37.3 Å². The van der Waals surface area contributed by atoms with E-state index in [0.717, 1.165) is 6.07 Å². The van der Waals surface area contributed by atoms with Crippen LogP contribution in [0.25, 0.3) is 0 Å². The van der Waals surface area contributed by atoms with Crippen LogP contribution in [0.1, 0.15) is 24.2 Å². The topological polar surface area (TPSA) is 64.5 Å². The second-order valence-electron chi connectivity index (χ2n) is 5.19. The average Bonchev–Trinajstić information content (AvgIpc) is 2.49. The van der Waals surface area contributed by atoms with Gasteiger partial charge < -0.3 is 20.8 Å². The van der Waals surface area contributed by atoms with Crippen LogP contribution in [0, 0.1) is 0 Å². The number of hydrogen-bond donors (Lipinski definition) is 4. The molecule has 0 aromatic heterocycles. The fraction of sp³-hybridized carbons (Fsp3) is 0.188. The normalized spacial score (nSPS) is 12.6. The highest BCUT2D eigenvalue weighted by Crippen LogP contribution is 2.36. The molecule has 1 unspecified atom stereocenters. The lowest BCUT2D eigenvalue weighted by molar-refractivity contribution is -0.136. The molecule has 4 nitrogen and oxygen atoms in total. The van der Waals surface area contributed by atoms with E-state index in [1.807, 2.05) is 0 Å².